The number of carbonyl (C=O) groups excluding carboxylic acids is 2. The number of ether oxygens (including phenoxy) is 2. The predicted molar refractivity (Wildman–Crippen MR) is 133 cm³/mol. The summed E-state index contributed by atoms with van der Waals surface area (Å²) in [4.78, 5) is 26.4. The van der Waals surface area contributed by atoms with E-state index >= 15 is 0 Å². The van der Waals surface area contributed by atoms with Gasteiger partial charge in [-0.1, -0.05) is 30.3 Å². The molecular formula is C25H35N3O6S. The van der Waals surface area contributed by atoms with E-state index in [1.54, 1.807) is 17.0 Å². The highest BCUT2D eigenvalue weighted by Crippen LogP contribution is 2.26. The third kappa shape index (κ3) is 8.65. The molecule has 0 radical (unpaired) electrons. The van der Waals surface area contributed by atoms with Crippen LogP contribution in [-0.4, -0.2) is 76.9 Å². The molecule has 0 aromatic heterocycles. The van der Waals surface area contributed by atoms with Crippen molar-refractivity contribution in [1.82, 2.24) is 14.5 Å². The van der Waals surface area contributed by atoms with Crippen molar-refractivity contribution in [2.45, 2.75) is 36.7 Å². The van der Waals surface area contributed by atoms with Gasteiger partial charge in [-0.25, -0.2) is 8.42 Å². The van der Waals surface area contributed by atoms with Gasteiger partial charge in [-0.05, 0) is 63.2 Å². The second-order valence-corrected chi connectivity index (χ2v) is 10.2. The van der Waals surface area contributed by atoms with Gasteiger partial charge in [0.2, 0.25) is 15.9 Å². The Morgan fingerprint density at radius 1 is 0.971 bits per heavy atom. The molecule has 2 aromatic rings. The van der Waals surface area contributed by atoms with Crippen molar-refractivity contribution in [2.24, 2.45) is 0 Å². The highest BCUT2D eigenvalue weighted by molar-refractivity contribution is 7.89. The van der Waals surface area contributed by atoms with E-state index in [2.05, 4.69) is 5.32 Å². The van der Waals surface area contributed by atoms with Gasteiger partial charge < -0.3 is 19.7 Å². The summed E-state index contributed by atoms with van der Waals surface area (Å²) in [7, 11) is 2.32. The molecule has 1 N–H and O–H groups in total. The molecule has 0 aliphatic carbocycles. The zero-order valence-corrected chi connectivity index (χ0v) is 21.6. The monoisotopic (exact) mass is 505 g/mol. The molecule has 1 atom stereocenters. The zero-order valence-electron chi connectivity index (χ0n) is 20.8. The van der Waals surface area contributed by atoms with Gasteiger partial charge in [-0.15, -0.1) is 0 Å². The Labute approximate surface area is 208 Å². The number of unbranched alkanes of at least 4 members (excludes halogenated alkanes) is 1. The first-order valence-corrected chi connectivity index (χ1v) is 12.8. The maximum Gasteiger partial charge on any atom is 0.324 e. The second kappa shape index (κ2) is 13.8. The van der Waals surface area contributed by atoms with Crippen molar-refractivity contribution >= 4 is 21.9 Å². The minimum Gasteiger partial charge on any atom is -0.497 e. The summed E-state index contributed by atoms with van der Waals surface area (Å²) >= 11 is 0. The molecule has 0 heterocycles. The van der Waals surface area contributed by atoms with E-state index in [4.69, 9.17) is 9.47 Å². The van der Waals surface area contributed by atoms with Crippen LogP contribution in [0.15, 0.2) is 59.5 Å². The lowest BCUT2D eigenvalue weighted by atomic mass is 10.1. The standard InChI is InChI=1S/C25H35N3O6S/c1-27(2)19-24(29)26-17-9-8-12-23(25(30)34-4)28(18-20-10-6-5-7-11-20)35(31,32)22-15-13-21(33-3)14-16-22/h5-7,10-11,13-16,23H,8-9,12,17-19H2,1-4H3,(H,26,29). The van der Waals surface area contributed by atoms with Gasteiger partial charge in [-0.3, -0.25) is 9.59 Å². The Morgan fingerprint density at radius 3 is 2.20 bits per heavy atom. The first-order chi connectivity index (χ1) is 16.7. The molecule has 35 heavy (non-hydrogen) atoms. The van der Waals surface area contributed by atoms with Crippen LogP contribution in [0.25, 0.3) is 0 Å². The van der Waals surface area contributed by atoms with Crippen molar-refractivity contribution in [3.8, 4) is 5.75 Å². The number of hydrogen-bond donors (Lipinski definition) is 1. The van der Waals surface area contributed by atoms with Crippen molar-refractivity contribution in [1.29, 1.82) is 0 Å². The summed E-state index contributed by atoms with van der Waals surface area (Å²) in [6.07, 6.45) is 1.36. The number of likely N-dealkylation sites (N-methyl/N-ethyl adjacent to an activating group) is 1. The number of amides is 1. The third-order valence-corrected chi connectivity index (χ3v) is 7.22. The van der Waals surface area contributed by atoms with Gasteiger partial charge in [0.15, 0.2) is 0 Å². The number of methoxy groups -OCH3 is 2. The largest absolute Gasteiger partial charge is 0.497 e. The summed E-state index contributed by atoms with van der Waals surface area (Å²) in [5.41, 5.74) is 0.745. The van der Waals surface area contributed by atoms with Crippen LogP contribution in [0, 0.1) is 0 Å². The van der Waals surface area contributed by atoms with Crippen LogP contribution in [0.1, 0.15) is 24.8 Å². The Hall–Kier alpha value is -2.95. The van der Waals surface area contributed by atoms with Crippen LogP contribution in [-0.2, 0) is 30.9 Å². The molecule has 0 saturated heterocycles. The van der Waals surface area contributed by atoms with Crippen molar-refractivity contribution < 1.29 is 27.5 Å². The molecule has 2 rings (SSSR count). The van der Waals surface area contributed by atoms with Crippen LogP contribution >= 0.6 is 0 Å². The first kappa shape index (κ1) is 28.3. The number of rotatable bonds is 14. The van der Waals surface area contributed by atoms with Crippen LogP contribution in [0.4, 0.5) is 0 Å². The smallest absolute Gasteiger partial charge is 0.324 e. The van der Waals surface area contributed by atoms with E-state index in [1.807, 2.05) is 44.4 Å². The summed E-state index contributed by atoms with van der Waals surface area (Å²) in [6.45, 7) is 0.731. The van der Waals surface area contributed by atoms with Crippen molar-refractivity contribution in [2.75, 3.05) is 41.4 Å². The number of sulfonamides is 1. The third-order valence-electron chi connectivity index (χ3n) is 5.35. The van der Waals surface area contributed by atoms with Crippen LogP contribution in [0.5, 0.6) is 5.75 Å². The van der Waals surface area contributed by atoms with E-state index < -0.39 is 22.0 Å². The zero-order chi connectivity index (χ0) is 25.8. The number of nitrogens with zero attached hydrogens (tertiary/aromatic N) is 2. The Kier molecular flexibility index (Phi) is 11.2. The molecule has 2 aromatic carbocycles. The summed E-state index contributed by atoms with van der Waals surface area (Å²) in [5, 5.41) is 2.83. The molecule has 192 valence electrons. The fourth-order valence-corrected chi connectivity index (χ4v) is 5.15. The number of esters is 1. The minimum absolute atomic E-state index is 0.00847. The molecule has 9 nitrogen and oxygen atoms in total. The molecule has 10 heteroatoms. The van der Waals surface area contributed by atoms with E-state index in [0.717, 1.165) is 5.56 Å². The van der Waals surface area contributed by atoms with Gasteiger partial charge in [0.1, 0.15) is 11.8 Å². The van der Waals surface area contributed by atoms with Gasteiger partial charge in [-0.2, -0.15) is 4.31 Å². The summed E-state index contributed by atoms with van der Waals surface area (Å²) < 4.78 is 38.7. The van der Waals surface area contributed by atoms with E-state index in [0.29, 0.717) is 25.1 Å². The number of carbonyl (C=O) groups is 2. The molecule has 0 aliphatic heterocycles. The molecule has 0 fully saturated rings. The number of benzene rings is 2. The average Bonchev–Trinajstić information content (AvgIpc) is 2.84. The maximum absolute atomic E-state index is 13.7. The fraction of sp³-hybridized carbons (Fsp3) is 0.440. The molecule has 1 amide bonds. The lowest BCUT2D eigenvalue weighted by Crippen LogP contribution is -2.45. The van der Waals surface area contributed by atoms with Gasteiger partial charge in [0.25, 0.3) is 0 Å². The Bertz CT molecular complexity index is 1040. The number of hydrogen-bond acceptors (Lipinski definition) is 7. The molecule has 0 spiro atoms. The molecule has 1 unspecified atom stereocenters. The topological polar surface area (TPSA) is 105 Å². The molecule has 0 bridgehead atoms. The first-order valence-electron chi connectivity index (χ1n) is 11.4. The summed E-state index contributed by atoms with van der Waals surface area (Å²) in [6, 6.07) is 14.1. The average molecular weight is 506 g/mol. The van der Waals surface area contributed by atoms with E-state index in [1.165, 1.54) is 30.7 Å². The van der Waals surface area contributed by atoms with Gasteiger partial charge in [0, 0.05) is 13.1 Å². The van der Waals surface area contributed by atoms with Crippen molar-refractivity contribution in [3.63, 3.8) is 0 Å². The number of nitrogens with one attached hydrogen (secondary N) is 1. The quantitative estimate of drug-likeness (QED) is 0.310. The van der Waals surface area contributed by atoms with E-state index in [-0.39, 0.29) is 30.3 Å². The van der Waals surface area contributed by atoms with E-state index in [9.17, 15) is 18.0 Å². The SMILES string of the molecule is COC(=O)C(CCCCNC(=O)CN(C)C)N(Cc1ccccc1)S(=O)(=O)c1ccc(OC)cc1. The maximum atomic E-state index is 13.7. The van der Waals surface area contributed by atoms with Crippen molar-refractivity contribution in [3.05, 3.63) is 60.2 Å². The van der Waals surface area contributed by atoms with Gasteiger partial charge in [0.05, 0.1) is 25.7 Å². The normalized spacial score (nSPS) is 12.4. The highest BCUT2D eigenvalue weighted by atomic mass is 32.2. The second-order valence-electron chi connectivity index (χ2n) is 8.33. The van der Waals surface area contributed by atoms with Gasteiger partial charge >= 0.3 is 5.97 Å². The van der Waals surface area contributed by atoms with Crippen LogP contribution in [0.3, 0.4) is 0 Å². The fourth-order valence-electron chi connectivity index (χ4n) is 3.56. The summed E-state index contributed by atoms with van der Waals surface area (Å²) in [5.74, 6) is -0.193. The van der Waals surface area contributed by atoms with Crippen LogP contribution in [0.2, 0.25) is 0 Å². The Morgan fingerprint density at radius 2 is 1.63 bits per heavy atom. The van der Waals surface area contributed by atoms with Crippen LogP contribution < -0.4 is 10.1 Å². The molecular weight excluding hydrogens is 470 g/mol. The lowest BCUT2D eigenvalue weighted by Gasteiger charge is -2.29. The minimum atomic E-state index is -4.05. The Balaban J connectivity index is 2.25. The highest BCUT2D eigenvalue weighted by Gasteiger charge is 2.36. The lowest BCUT2D eigenvalue weighted by molar-refractivity contribution is -0.145. The molecule has 0 saturated carbocycles. The predicted octanol–water partition coefficient (Wildman–Crippen LogP) is 2.28. The molecule has 0 aliphatic rings.